The first-order chi connectivity index (χ1) is 19.9. The van der Waals surface area contributed by atoms with Crippen LogP contribution in [0.2, 0.25) is 0 Å². The molecule has 3 amide bonds. The zero-order chi connectivity index (χ0) is 31.0. The summed E-state index contributed by atoms with van der Waals surface area (Å²) in [5, 5.41) is 28.3. The number of carboxylic acids is 1. The maximum atomic E-state index is 13.4. The lowest BCUT2D eigenvalue weighted by Gasteiger charge is -2.29. The van der Waals surface area contributed by atoms with Crippen LogP contribution in [0.5, 0.6) is 5.75 Å². The van der Waals surface area contributed by atoms with Crippen LogP contribution in [0.1, 0.15) is 45.2 Å². The second-order valence-electron chi connectivity index (χ2n) is 11.0. The van der Waals surface area contributed by atoms with E-state index >= 15 is 0 Å². The first-order valence-corrected chi connectivity index (χ1v) is 14.1. The van der Waals surface area contributed by atoms with Gasteiger partial charge in [-0.15, -0.1) is 0 Å². The normalized spacial score (nSPS) is 14.9. The van der Waals surface area contributed by atoms with Crippen molar-refractivity contribution in [1.29, 1.82) is 0 Å². The van der Waals surface area contributed by atoms with E-state index in [0.717, 1.165) is 22.0 Å². The van der Waals surface area contributed by atoms with Crippen LogP contribution in [-0.4, -0.2) is 63.1 Å². The van der Waals surface area contributed by atoms with Gasteiger partial charge in [0.05, 0.1) is 6.04 Å². The highest BCUT2D eigenvalue weighted by Crippen LogP contribution is 2.19. The molecule has 0 radical (unpaired) electrons. The molecule has 0 aliphatic rings. The average molecular weight is 580 g/mol. The second kappa shape index (κ2) is 14.5. The molecule has 5 atom stereocenters. The first kappa shape index (κ1) is 32.1. The highest BCUT2D eigenvalue weighted by atomic mass is 16.4. The minimum atomic E-state index is -1.22. The molecular weight excluding hydrogens is 538 g/mol. The third-order valence-electron chi connectivity index (χ3n) is 7.48. The number of nitrogens with one attached hydrogen (secondary N) is 4. The van der Waals surface area contributed by atoms with E-state index in [2.05, 4.69) is 20.9 Å². The summed E-state index contributed by atoms with van der Waals surface area (Å²) in [4.78, 5) is 54.9. The van der Waals surface area contributed by atoms with Gasteiger partial charge in [-0.2, -0.15) is 0 Å². The number of carbonyl (C=O) groups is 4. The molecule has 3 rings (SSSR count). The molecule has 0 saturated carbocycles. The lowest BCUT2D eigenvalue weighted by molar-refractivity contribution is -0.142. The third-order valence-corrected chi connectivity index (χ3v) is 7.48. The minimum absolute atomic E-state index is 0.0499. The maximum absolute atomic E-state index is 13.4. The van der Waals surface area contributed by atoms with Crippen molar-refractivity contribution in [2.24, 2.45) is 17.6 Å². The Morgan fingerprint density at radius 1 is 0.857 bits per heavy atom. The zero-order valence-corrected chi connectivity index (χ0v) is 24.4. The van der Waals surface area contributed by atoms with Gasteiger partial charge in [-0.05, 0) is 47.6 Å². The molecule has 0 aliphatic heterocycles. The van der Waals surface area contributed by atoms with Crippen molar-refractivity contribution >= 4 is 34.6 Å². The SMILES string of the molecule is CCC(C)C(NC(=O)C(N)Cc1ccc(O)cc1)C(=O)NC(C(=O)NC(Cc1c[nH]c2ccccc12)C(=O)O)C(C)C. The van der Waals surface area contributed by atoms with Crippen LogP contribution in [0.4, 0.5) is 0 Å². The quantitative estimate of drug-likeness (QED) is 0.152. The smallest absolute Gasteiger partial charge is 0.326 e. The van der Waals surface area contributed by atoms with Crippen LogP contribution in [0.15, 0.2) is 54.7 Å². The van der Waals surface area contributed by atoms with Crippen molar-refractivity contribution in [3.05, 3.63) is 65.9 Å². The summed E-state index contributed by atoms with van der Waals surface area (Å²) >= 11 is 0. The topological polar surface area (TPSA) is 187 Å². The van der Waals surface area contributed by atoms with Crippen molar-refractivity contribution < 1.29 is 29.4 Å². The van der Waals surface area contributed by atoms with E-state index in [4.69, 9.17) is 5.73 Å². The highest BCUT2D eigenvalue weighted by molar-refractivity contribution is 5.94. The van der Waals surface area contributed by atoms with Gasteiger partial charge in [0.25, 0.3) is 0 Å². The number of hydrogen-bond donors (Lipinski definition) is 7. The zero-order valence-electron chi connectivity index (χ0n) is 24.4. The van der Waals surface area contributed by atoms with E-state index in [1.165, 1.54) is 12.1 Å². The van der Waals surface area contributed by atoms with Gasteiger partial charge in [0.15, 0.2) is 0 Å². The van der Waals surface area contributed by atoms with E-state index in [1.807, 2.05) is 38.1 Å². The van der Waals surface area contributed by atoms with E-state index in [1.54, 1.807) is 32.2 Å². The fourth-order valence-corrected chi connectivity index (χ4v) is 4.70. The van der Waals surface area contributed by atoms with Gasteiger partial charge in [0.1, 0.15) is 23.9 Å². The molecule has 11 heteroatoms. The first-order valence-electron chi connectivity index (χ1n) is 14.1. The molecule has 1 aromatic heterocycles. The number of nitrogens with two attached hydrogens (primary N) is 1. The predicted molar refractivity (Wildman–Crippen MR) is 160 cm³/mol. The molecular formula is C31H41N5O6. The summed E-state index contributed by atoms with van der Waals surface area (Å²) in [6.45, 7) is 7.17. The van der Waals surface area contributed by atoms with Crippen molar-refractivity contribution in [2.45, 2.75) is 71.1 Å². The number of H-pyrrole nitrogens is 1. The fraction of sp³-hybridized carbons (Fsp3) is 0.419. The fourth-order valence-electron chi connectivity index (χ4n) is 4.70. The number of aromatic amines is 1. The van der Waals surface area contributed by atoms with E-state index in [9.17, 15) is 29.4 Å². The summed E-state index contributed by atoms with van der Waals surface area (Å²) in [6.07, 6.45) is 2.54. The number of amides is 3. The number of benzene rings is 2. The lowest BCUT2D eigenvalue weighted by Crippen LogP contribution is -2.60. The van der Waals surface area contributed by atoms with Gasteiger partial charge in [-0.3, -0.25) is 14.4 Å². The van der Waals surface area contributed by atoms with E-state index in [0.29, 0.717) is 6.42 Å². The van der Waals surface area contributed by atoms with Crippen molar-refractivity contribution in [2.75, 3.05) is 0 Å². The largest absolute Gasteiger partial charge is 0.508 e. The standard InChI is InChI=1S/C31H41N5O6/c1-5-18(4)27(36-28(38)23(32)14-19-10-12-21(37)13-11-19)30(40)35-26(17(2)3)29(39)34-25(31(41)42)15-20-16-33-24-9-7-6-8-22(20)24/h6-13,16-18,23,25-27,33,37H,5,14-15,32H2,1-4H3,(H,34,39)(H,35,40)(H,36,38)(H,41,42). The summed E-state index contributed by atoms with van der Waals surface area (Å²) in [7, 11) is 0. The Morgan fingerprint density at radius 2 is 1.48 bits per heavy atom. The molecule has 226 valence electrons. The lowest BCUT2D eigenvalue weighted by atomic mass is 9.95. The number of carbonyl (C=O) groups excluding carboxylic acids is 3. The van der Waals surface area contributed by atoms with Gasteiger partial charge in [0, 0.05) is 23.5 Å². The number of fused-ring (bicyclic) bond motifs is 1. The number of para-hydroxylation sites is 1. The Labute approximate surface area is 245 Å². The van der Waals surface area contributed by atoms with Crippen molar-refractivity contribution in [3.8, 4) is 5.75 Å². The molecule has 3 aromatic rings. The number of aromatic hydroxyl groups is 1. The molecule has 0 bridgehead atoms. The number of phenols is 1. The van der Waals surface area contributed by atoms with Crippen LogP contribution in [0.25, 0.3) is 10.9 Å². The molecule has 0 saturated heterocycles. The molecule has 0 aliphatic carbocycles. The maximum Gasteiger partial charge on any atom is 0.326 e. The minimum Gasteiger partial charge on any atom is -0.508 e. The number of phenolic OH excluding ortho intramolecular Hbond substituents is 1. The number of rotatable bonds is 14. The van der Waals surface area contributed by atoms with Crippen LogP contribution in [0, 0.1) is 11.8 Å². The molecule has 5 unspecified atom stereocenters. The van der Waals surface area contributed by atoms with Crippen LogP contribution >= 0.6 is 0 Å². The van der Waals surface area contributed by atoms with E-state index < -0.39 is 47.9 Å². The van der Waals surface area contributed by atoms with Crippen molar-refractivity contribution in [1.82, 2.24) is 20.9 Å². The van der Waals surface area contributed by atoms with Crippen LogP contribution < -0.4 is 21.7 Å². The Morgan fingerprint density at radius 3 is 2.10 bits per heavy atom. The van der Waals surface area contributed by atoms with Gasteiger partial charge < -0.3 is 36.9 Å². The van der Waals surface area contributed by atoms with Crippen molar-refractivity contribution in [3.63, 3.8) is 0 Å². The Kier molecular flexibility index (Phi) is 11.1. The summed E-state index contributed by atoms with van der Waals surface area (Å²) in [6, 6.07) is 9.62. The Bertz CT molecular complexity index is 1390. The number of aliphatic carboxylic acids is 1. The van der Waals surface area contributed by atoms with Gasteiger partial charge >= 0.3 is 5.97 Å². The van der Waals surface area contributed by atoms with Gasteiger partial charge in [0.2, 0.25) is 17.7 Å². The van der Waals surface area contributed by atoms with Crippen LogP contribution in [0.3, 0.4) is 0 Å². The second-order valence-corrected chi connectivity index (χ2v) is 11.0. The molecule has 0 spiro atoms. The molecule has 1 heterocycles. The Hall–Kier alpha value is -4.38. The Balaban J connectivity index is 1.69. The average Bonchev–Trinajstić information content (AvgIpc) is 3.37. The van der Waals surface area contributed by atoms with E-state index in [-0.39, 0.29) is 30.4 Å². The summed E-state index contributed by atoms with van der Waals surface area (Å²) in [5.41, 5.74) is 8.47. The third kappa shape index (κ3) is 8.32. The molecule has 8 N–H and O–H groups in total. The summed E-state index contributed by atoms with van der Waals surface area (Å²) < 4.78 is 0. The number of hydrogen-bond acceptors (Lipinski definition) is 6. The predicted octanol–water partition coefficient (Wildman–Crippen LogP) is 2.23. The van der Waals surface area contributed by atoms with Gasteiger partial charge in [-0.25, -0.2) is 4.79 Å². The van der Waals surface area contributed by atoms with Crippen LogP contribution in [-0.2, 0) is 32.0 Å². The highest BCUT2D eigenvalue weighted by Gasteiger charge is 2.34. The summed E-state index contributed by atoms with van der Waals surface area (Å²) in [5.74, 6) is -3.48. The molecule has 2 aromatic carbocycles. The molecule has 0 fully saturated rings. The molecule has 11 nitrogen and oxygen atoms in total. The number of aromatic nitrogens is 1. The van der Waals surface area contributed by atoms with Gasteiger partial charge in [-0.1, -0.05) is 64.4 Å². The number of carboxylic acid groups (broad SMARTS) is 1. The molecule has 42 heavy (non-hydrogen) atoms. The monoisotopic (exact) mass is 579 g/mol.